The zero-order chi connectivity index (χ0) is 16.3. The molecule has 0 bridgehead atoms. The van der Waals surface area contributed by atoms with E-state index in [-0.39, 0.29) is 24.5 Å². The number of carbonyl (C=O) groups excluding carboxylic acids is 2. The van der Waals surface area contributed by atoms with Crippen LogP contribution in [-0.4, -0.2) is 53.1 Å². The maximum atomic E-state index is 12.4. The van der Waals surface area contributed by atoms with Gasteiger partial charge in [-0.1, -0.05) is 0 Å². The minimum absolute atomic E-state index is 0.0198. The van der Waals surface area contributed by atoms with Crippen LogP contribution in [0.3, 0.4) is 0 Å². The number of hydrogen-bond acceptors (Lipinski definition) is 4. The van der Waals surface area contributed by atoms with Crippen LogP contribution in [0.15, 0.2) is 24.3 Å². The summed E-state index contributed by atoms with van der Waals surface area (Å²) in [5.74, 6) is -1.52. The first kappa shape index (κ1) is 16.0. The number of carbonyl (C=O) groups is 3. The van der Waals surface area contributed by atoms with E-state index in [1.165, 1.54) is 11.8 Å². The summed E-state index contributed by atoms with van der Waals surface area (Å²) >= 11 is 0. The van der Waals surface area contributed by atoms with Crippen molar-refractivity contribution in [2.75, 3.05) is 18.4 Å². The highest BCUT2D eigenvalue weighted by Crippen LogP contribution is 2.16. The maximum absolute atomic E-state index is 12.4. The lowest BCUT2D eigenvalue weighted by molar-refractivity contribution is -0.160. The second kappa shape index (κ2) is 6.57. The molecule has 2 amide bonds. The van der Waals surface area contributed by atoms with Gasteiger partial charge in [-0.15, -0.1) is 0 Å². The molecule has 22 heavy (non-hydrogen) atoms. The molecule has 1 aromatic carbocycles. The number of morpholine rings is 1. The van der Waals surface area contributed by atoms with Crippen LogP contribution in [0.25, 0.3) is 0 Å². The molecule has 2 atom stereocenters. The Labute approximate surface area is 127 Å². The number of ether oxygens (including phenoxy) is 1. The normalized spacial score (nSPS) is 21.3. The van der Waals surface area contributed by atoms with Crippen LogP contribution in [0.4, 0.5) is 5.69 Å². The van der Waals surface area contributed by atoms with Gasteiger partial charge in [-0.2, -0.15) is 0 Å². The van der Waals surface area contributed by atoms with Gasteiger partial charge in [0.1, 0.15) is 0 Å². The average Bonchev–Trinajstić information content (AvgIpc) is 2.46. The second-order valence-corrected chi connectivity index (χ2v) is 5.24. The Hall–Kier alpha value is -2.41. The van der Waals surface area contributed by atoms with Crippen molar-refractivity contribution in [1.29, 1.82) is 0 Å². The van der Waals surface area contributed by atoms with Crippen molar-refractivity contribution in [1.82, 2.24) is 4.90 Å². The Bertz CT molecular complexity index is 584. The number of aliphatic carboxylic acids is 1. The molecule has 7 nitrogen and oxygen atoms in total. The summed E-state index contributed by atoms with van der Waals surface area (Å²) in [4.78, 5) is 35.9. The van der Waals surface area contributed by atoms with E-state index in [4.69, 9.17) is 9.84 Å². The highest BCUT2D eigenvalue weighted by atomic mass is 16.5. The molecule has 1 heterocycles. The molecule has 2 N–H and O–H groups in total. The first-order valence-electron chi connectivity index (χ1n) is 6.92. The fraction of sp³-hybridized carbons (Fsp3) is 0.400. The van der Waals surface area contributed by atoms with E-state index in [1.54, 1.807) is 31.2 Å². The lowest BCUT2D eigenvalue weighted by atomic mass is 10.1. The largest absolute Gasteiger partial charge is 0.479 e. The molecule has 7 heteroatoms. The number of carboxylic acids is 1. The van der Waals surface area contributed by atoms with Crippen LogP contribution in [0.5, 0.6) is 0 Å². The van der Waals surface area contributed by atoms with Gasteiger partial charge in [-0.3, -0.25) is 9.59 Å². The standard InChI is InChI=1S/C15H18N2O5/c1-9-7-17(8-13(22-9)15(20)21)14(19)11-3-5-12(6-4-11)16-10(2)18/h3-6,9,13H,7-8H2,1-2H3,(H,16,18)(H,20,21)/t9-,13?/m1/s1. The predicted molar refractivity (Wildman–Crippen MR) is 78.6 cm³/mol. The number of rotatable bonds is 3. The van der Waals surface area contributed by atoms with Gasteiger partial charge in [-0.25, -0.2) is 4.79 Å². The number of carboxylic acid groups (broad SMARTS) is 1. The Morgan fingerprint density at radius 2 is 1.86 bits per heavy atom. The number of benzene rings is 1. The van der Waals surface area contributed by atoms with Gasteiger partial charge < -0.3 is 20.1 Å². The Kier molecular flexibility index (Phi) is 4.77. The molecule has 0 spiro atoms. The number of anilines is 1. The third-order valence-electron chi connectivity index (χ3n) is 3.28. The summed E-state index contributed by atoms with van der Waals surface area (Å²) in [7, 11) is 0. The number of amides is 2. The molecule has 1 fully saturated rings. The molecule has 1 unspecified atom stereocenters. The van der Waals surface area contributed by atoms with E-state index in [9.17, 15) is 14.4 Å². The molecule has 0 radical (unpaired) electrons. The van der Waals surface area contributed by atoms with Crippen molar-refractivity contribution in [2.24, 2.45) is 0 Å². The van der Waals surface area contributed by atoms with Crippen LogP contribution in [0, 0.1) is 0 Å². The fourth-order valence-electron chi connectivity index (χ4n) is 2.34. The van der Waals surface area contributed by atoms with Crippen molar-refractivity contribution in [3.05, 3.63) is 29.8 Å². The van der Waals surface area contributed by atoms with Gasteiger partial charge >= 0.3 is 5.97 Å². The predicted octanol–water partition coefficient (Wildman–Crippen LogP) is 0.959. The minimum atomic E-state index is -1.08. The van der Waals surface area contributed by atoms with E-state index >= 15 is 0 Å². The summed E-state index contributed by atoms with van der Waals surface area (Å²) in [6.07, 6.45) is -1.34. The Balaban J connectivity index is 2.09. The summed E-state index contributed by atoms with van der Waals surface area (Å²) < 4.78 is 5.29. The molecule has 1 saturated heterocycles. The molecule has 1 aliphatic heterocycles. The highest BCUT2D eigenvalue weighted by Gasteiger charge is 2.32. The van der Waals surface area contributed by atoms with E-state index in [0.29, 0.717) is 17.8 Å². The van der Waals surface area contributed by atoms with Gasteiger partial charge in [0.15, 0.2) is 6.10 Å². The number of hydrogen-bond donors (Lipinski definition) is 2. The van der Waals surface area contributed by atoms with Gasteiger partial charge in [-0.05, 0) is 31.2 Å². The van der Waals surface area contributed by atoms with Crippen molar-refractivity contribution in [3.8, 4) is 0 Å². The zero-order valence-electron chi connectivity index (χ0n) is 12.4. The summed E-state index contributed by atoms with van der Waals surface area (Å²) in [6.45, 7) is 3.50. The smallest absolute Gasteiger partial charge is 0.334 e. The highest BCUT2D eigenvalue weighted by molar-refractivity contribution is 5.96. The molecule has 2 rings (SSSR count). The second-order valence-electron chi connectivity index (χ2n) is 5.24. The first-order valence-corrected chi connectivity index (χ1v) is 6.92. The summed E-state index contributed by atoms with van der Waals surface area (Å²) in [5.41, 5.74) is 1.04. The molecule has 0 aliphatic carbocycles. The minimum Gasteiger partial charge on any atom is -0.479 e. The third-order valence-corrected chi connectivity index (χ3v) is 3.28. The summed E-state index contributed by atoms with van der Waals surface area (Å²) in [5, 5.41) is 11.7. The van der Waals surface area contributed by atoms with Crippen molar-refractivity contribution < 1.29 is 24.2 Å². The topological polar surface area (TPSA) is 95.9 Å². The Morgan fingerprint density at radius 3 is 2.41 bits per heavy atom. The summed E-state index contributed by atoms with van der Waals surface area (Å²) in [6, 6.07) is 6.47. The van der Waals surface area contributed by atoms with E-state index in [0.717, 1.165) is 0 Å². The van der Waals surface area contributed by atoms with Crippen LogP contribution >= 0.6 is 0 Å². The fourth-order valence-corrected chi connectivity index (χ4v) is 2.34. The monoisotopic (exact) mass is 306 g/mol. The molecule has 118 valence electrons. The van der Waals surface area contributed by atoms with Crippen LogP contribution in [-0.2, 0) is 14.3 Å². The average molecular weight is 306 g/mol. The lowest BCUT2D eigenvalue weighted by Gasteiger charge is -2.35. The lowest BCUT2D eigenvalue weighted by Crippen LogP contribution is -2.51. The van der Waals surface area contributed by atoms with Crippen LogP contribution < -0.4 is 5.32 Å². The third kappa shape index (κ3) is 3.82. The molecule has 1 aliphatic rings. The van der Waals surface area contributed by atoms with E-state index in [1.807, 2.05) is 0 Å². The van der Waals surface area contributed by atoms with Gasteiger partial charge in [0, 0.05) is 24.7 Å². The molecular weight excluding hydrogens is 288 g/mol. The van der Waals surface area contributed by atoms with Gasteiger partial charge in [0.25, 0.3) is 5.91 Å². The quantitative estimate of drug-likeness (QED) is 0.867. The SMILES string of the molecule is CC(=O)Nc1ccc(C(=O)N2CC(C(=O)O)O[C@H](C)C2)cc1. The van der Waals surface area contributed by atoms with Crippen molar-refractivity contribution in [2.45, 2.75) is 26.1 Å². The van der Waals surface area contributed by atoms with Crippen LogP contribution in [0.2, 0.25) is 0 Å². The van der Waals surface area contributed by atoms with Gasteiger partial charge in [0.05, 0.1) is 12.6 Å². The first-order chi connectivity index (χ1) is 10.4. The van der Waals surface area contributed by atoms with E-state index in [2.05, 4.69) is 5.32 Å². The molecule has 1 aromatic rings. The van der Waals surface area contributed by atoms with Gasteiger partial charge in [0.2, 0.25) is 5.91 Å². The molecule has 0 saturated carbocycles. The van der Waals surface area contributed by atoms with Crippen molar-refractivity contribution >= 4 is 23.5 Å². The Morgan fingerprint density at radius 1 is 1.23 bits per heavy atom. The van der Waals surface area contributed by atoms with Crippen LogP contribution in [0.1, 0.15) is 24.2 Å². The van der Waals surface area contributed by atoms with E-state index < -0.39 is 12.1 Å². The molecular formula is C15H18N2O5. The zero-order valence-corrected chi connectivity index (χ0v) is 12.4. The number of nitrogens with one attached hydrogen (secondary N) is 1. The van der Waals surface area contributed by atoms with Crippen molar-refractivity contribution in [3.63, 3.8) is 0 Å². The maximum Gasteiger partial charge on any atom is 0.334 e. The number of nitrogens with zero attached hydrogens (tertiary/aromatic N) is 1. The molecule has 0 aromatic heterocycles.